The van der Waals surface area contributed by atoms with Crippen LogP contribution in [0.15, 0.2) is 78.9 Å². The number of rotatable bonds is 3. The molecular weight excluding hydrogens is 344 g/mol. The third kappa shape index (κ3) is 1.57. The SMILES string of the molecule is O=[N+]([O-])C1C2(c3ccccc3-c3ccccc32)C1(c1ccccc1)[N+](=O)[O-]. The summed E-state index contributed by atoms with van der Waals surface area (Å²) in [5.41, 5.74) is 0.207. The van der Waals surface area contributed by atoms with Gasteiger partial charge in [-0.15, -0.1) is 0 Å². The topological polar surface area (TPSA) is 86.3 Å². The maximum absolute atomic E-state index is 12.5. The summed E-state index contributed by atoms with van der Waals surface area (Å²) in [5.74, 6) is 0. The van der Waals surface area contributed by atoms with E-state index in [1.165, 1.54) is 0 Å². The van der Waals surface area contributed by atoms with Gasteiger partial charge in [-0.25, -0.2) is 0 Å². The van der Waals surface area contributed by atoms with Gasteiger partial charge in [0.15, 0.2) is 5.41 Å². The summed E-state index contributed by atoms with van der Waals surface area (Å²) < 4.78 is 0. The maximum atomic E-state index is 12.5. The Morgan fingerprint density at radius 2 is 1.19 bits per heavy atom. The monoisotopic (exact) mass is 358 g/mol. The lowest BCUT2D eigenvalue weighted by atomic mass is 9.85. The number of nitrogens with zero attached hydrogens (tertiary/aromatic N) is 2. The molecule has 3 aromatic carbocycles. The van der Waals surface area contributed by atoms with E-state index in [0.29, 0.717) is 16.7 Å². The molecule has 27 heavy (non-hydrogen) atoms. The molecule has 1 fully saturated rings. The van der Waals surface area contributed by atoms with E-state index in [1.54, 1.807) is 54.6 Å². The number of hydrogen-bond acceptors (Lipinski definition) is 4. The third-order valence-corrected chi connectivity index (χ3v) is 6.03. The van der Waals surface area contributed by atoms with E-state index in [4.69, 9.17) is 0 Å². The lowest BCUT2D eigenvalue weighted by Gasteiger charge is -2.15. The highest BCUT2D eigenvalue weighted by Gasteiger charge is 2.98. The molecule has 1 spiro atoms. The Labute approximate surface area is 154 Å². The molecule has 0 bridgehead atoms. The molecule has 2 unspecified atom stereocenters. The fourth-order valence-corrected chi connectivity index (χ4v) is 5.15. The molecule has 5 rings (SSSR count). The molecule has 0 amide bonds. The maximum Gasteiger partial charge on any atom is 0.334 e. The Bertz CT molecular complexity index is 1070. The van der Waals surface area contributed by atoms with Gasteiger partial charge in [0.25, 0.3) is 0 Å². The van der Waals surface area contributed by atoms with Crippen molar-refractivity contribution in [2.45, 2.75) is 17.0 Å². The lowest BCUT2D eigenvalue weighted by molar-refractivity contribution is -0.597. The van der Waals surface area contributed by atoms with Crippen LogP contribution in [0.1, 0.15) is 16.7 Å². The van der Waals surface area contributed by atoms with Crippen LogP contribution < -0.4 is 0 Å². The predicted molar refractivity (Wildman–Crippen MR) is 98.6 cm³/mol. The summed E-state index contributed by atoms with van der Waals surface area (Å²) in [5, 5.41) is 24.6. The van der Waals surface area contributed by atoms with Gasteiger partial charge in [-0.05, 0) is 22.3 Å². The van der Waals surface area contributed by atoms with Gasteiger partial charge in [0.05, 0.1) is 0 Å². The molecule has 2 aliphatic rings. The van der Waals surface area contributed by atoms with Crippen LogP contribution in [0, 0.1) is 20.2 Å². The molecule has 0 saturated heterocycles. The molecule has 0 radical (unpaired) electrons. The van der Waals surface area contributed by atoms with Crippen molar-refractivity contribution in [2.75, 3.05) is 0 Å². The second kappa shape index (κ2) is 5.01. The van der Waals surface area contributed by atoms with E-state index in [0.717, 1.165) is 11.1 Å². The highest BCUT2D eigenvalue weighted by atomic mass is 16.7. The van der Waals surface area contributed by atoms with Crippen LogP contribution in [-0.2, 0) is 11.0 Å². The van der Waals surface area contributed by atoms with Crippen molar-refractivity contribution >= 4 is 0 Å². The van der Waals surface area contributed by atoms with Crippen molar-refractivity contribution in [3.8, 4) is 11.1 Å². The van der Waals surface area contributed by atoms with Crippen molar-refractivity contribution in [1.29, 1.82) is 0 Å². The van der Waals surface area contributed by atoms with Crippen LogP contribution in [0.25, 0.3) is 11.1 Å². The number of nitro groups is 2. The van der Waals surface area contributed by atoms with Crippen molar-refractivity contribution in [1.82, 2.24) is 0 Å². The molecule has 132 valence electrons. The Balaban J connectivity index is 1.94. The molecule has 6 nitrogen and oxygen atoms in total. The van der Waals surface area contributed by atoms with Gasteiger partial charge in [-0.2, -0.15) is 0 Å². The van der Waals surface area contributed by atoms with Crippen molar-refractivity contribution in [3.63, 3.8) is 0 Å². The first-order chi connectivity index (χ1) is 13.1. The van der Waals surface area contributed by atoms with Gasteiger partial charge in [0.1, 0.15) is 0 Å². The summed E-state index contributed by atoms with van der Waals surface area (Å²) in [7, 11) is 0. The summed E-state index contributed by atoms with van der Waals surface area (Å²) >= 11 is 0. The number of benzene rings is 3. The summed E-state index contributed by atoms with van der Waals surface area (Å²) in [4.78, 5) is 23.7. The molecule has 0 N–H and O–H groups in total. The average molecular weight is 358 g/mol. The Kier molecular flexibility index (Phi) is 2.91. The Hall–Kier alpha value is -3.54. The van der Waals surface area contributed by atoms with Gasteiger partial charge in [0.2, 0.25) is 0 Å². The molecule has 0 aromatic heterocycles. The fourth-order valence-electron chi connectivity index (χ4n) is 5.15. The molecule has 6 heteroatoms. The zero-order valence-electron chi connectivity index (χ0n) is 14.1. The minimum atomic E-state index is -1.83. The van der Waals surface area contributed by atoms with Crippen LogP contribution in [0.4, 0.5) is 0 Å². The summed E-state index contributed by atoms with van der Waals surface area (Å²) in [6.07, 6.45) is 0. The summed E-state index contributed by atoms with van der Waals surface area (Å²) in [6, 6.07) is 21.7. The zero-order chi connectivity index (χ0) is 18.8. The Morgan fingerprint density at radius 1 is 0.704 bits per heavy atom. The fraction of sp³-hybridized carbons (Fsp3) is 0.143. The average Bonchev–Trinajstić information content (AvgIpc) is 3.26. The van der Waals surface area contributed by atoms with Crippen LogP contribution in [0.2, 0.25) is 0 Å². The van der Waals surface area contributed by atoms with Crippen molar-refractivity contribution in [3.05, 3.63) is 116 Å². The van der Waals surface area contributed by atoms with E-state index in [9.17, 15) is 20.2 Å². The quantitative estimate of drug-likeness (QED) is 0.526. The van der Waals surface area contributed by atoms with Crippen LogP contribution >= 0.6 is 0 Å². The van der Waals surface area contributed by atoms with Crippen molar-refractivity contribution in [2.24, 2.45) is 0 Å². The molecule has 2 atom stereocenters. The van der Waals surface area contributed by atoms with E-state index in [1.807, 2.05) is 24.3 Å². The first-order valence-corrected chi connectivity index (χ1v) is 8.60. The van der Waals surface area contributed by atoms with Gasteiger partial charge in [-0.3, -0.25) is 20.2 Å². The van der Waals surface area contributed by atoms with E-state index in [2.05, 4.69) is 0 Å². The molecule has 0 heterocycles. The largest absolute Gasteiger partial charge is 0.334 e. The first-order valence-electron chi connectivity index (χ1n) is 8.60. The second-order valence-electron chi connectivity index (χ2n) is 6.98. The van der Waals surface area contributed by atoms with E-state index < -0.39 is 26.8 Å². The van der Waals surface area contributed by atoms with Crippen molar-refractivity contribution < 1.29 is 9.85 Å². The van der Waals surface area contributed by atoms with Gasteiger partial charge < -0.3 is 0 Å². The zero-order valence-corrected chi connectivity index (χ0v) is 14.1. The standard InChI is InChI=1S/C21H14N2O4/c24-22(25)19-20(21(19,23(26)27)14-8-2-1-3-9-14)17-12-6-4-10-15(17)16-11-5-7-13-18(16)20/h1-13,19H. The minimum absolute atomic E-state index is 0.364. The van der Waals surface area contributed by atoms with Gasteiger partial charge in [-0.1, -0.05) is 78.9 Å². The second-order valence-corrected chi connectivity index (χ2v) is 6.98. The lowest BCUT2D eigenvalue weighted by Crippen LogP contribution is -2.30. The summed E-state index contributed by atoms with van der Waals surface area (Å²) in [6.45, 7) is 0. The minimum Gasteiger partial charge on any atom is -0.264 e. The first kappa shape index (κ1) is 15.7. The Morgan fingerprint density at radius 3 is 1.67 bits per heavy atom. The van der Waals surface area contributed by atoms with E-state index >= 15 is 0 Å². The smallest absolute Gasteiger partial charge is 0.264 e. The van der Waals surface area contributed by atoms with Gasteiger partial charge in [0, 0.05) is 15.4 Å². The number of hydrogen-bond donors (Lipinski definition) is 0. The van der Waals surface area contributed by atoms with Gasteiger partial charge >= 0.3 is 11.6 Å². The number of fused-ring (bicyclic) bond motifs is 5. The molecule has 2 aliphatic carbocycles. The van der Waals surface area contributed by atoms with E-state index in [-0.39, 0.29) is 0 Å². The van der Waals surface area contributed by atoms with Crippen LogP contribution in [0.5, 0.6) is 0 Å². The molecule has 3 aromatic rings. The molecule has 1 saturated carbocycles. The third-order valence-electron chi connectivity index (χ3n) is 6.03. The van der Waals surface area contributed by atoms with Crippen LogP contribution in [-0.4, -0.2) is 15.9 Å². The highest BCUT2D eigenvalue weighted by Crippen LogP contribution is 2.74. The van der Waals surface area contributed by atoms with Crippen LogP contribution in [0.3, 0.4) is 0 Å². The normalized spacial score (nSPS) is 23.5. The highest BCUT2D eigenvalue weighted by molar-refractivity contribution is 5.86. The molecule has 0 aliphatic heterocycles. The molecular formula is C21H14N2O4. The predicted octanol–water partition coefficient (Wildman–Crippen LogP) is 3.78.